The Kier molecular flexibility index (Phi) is 4.87. The van der Waals surface area contributed by atoms with E-state index in [9.17, 15) is 0 Å². The highest BCUT2D eigenvalue weighted by Gasteiger charge is 2.15. The Hall–Kier alpha value is -3.04. The highest BCUT2D eigenvalue weighted by atomic mass is 16.5. The fourth-order valence-electron chi connectivity index (χ4n) is 2.87. The number of methoxy groups -OCH3 is 2. The minimum Gasteiger partial charge on any atom is -0.493 e. The standard InChI is InChI=1S/C19H20N4O2/c1-24-17-9-15-16(10-18(17)25-2)23(19(22-15)7-8-20)12-14-5-3-13(11-21)4-6-14/h3-6,9-10H,7-8,12,20H2,1-2H3. The number of ether oxygens (including phenoxy) is 2. The molecule has 0 radical (unpaired) electrons. The first-order valence-corrected chi connectivity index (χ1v) is 8.00. The molecule has 0 atom stereocenters. The summed E-state index contributed by atoms with van der Waals surface area (Å²) in [6.07, 6.45) is 0.676. The zero-order chi connectivity index (χ0) is 17.8. The molecule has 0 fully saturated rings. The summed E-state index contributed by atoms with van der Waals surface area (Å²) in [4.78, 5) is 4.71. The maximum atomic E-state index is 8.94. The van der Waals surface area contributed by atoms with Crippen LogP contribution >= 0.6 is 0 Å². The van der Waals surface area contributed by atoms with Crippen LogP contribution in [0.25, 0.3) is 11.0 Å². The SMILES string of the molecule is COc1cc2nc(CCN)n(Cc3ccc(C#N)cc3)c2cc1OC. The van der Waals surface area contributed by atoms with Crippen LogP contribution in [0.1, 0.15) is 17.0 Å². The van der Waals surface area contributed by atoms with Crippen molar-refractivity contribution in [3.63, 3.8) is 0 Å². The Morgan fingerprint density at radius 3 is 2.40 bits per heavy atom. The number of benzene rings is 2. The minimum absolute atomic E-state index is 0.519. The van der Waals surface area contributed by atoms with E-state index in [0.717, 1.165) is 22.4 Å². The zero-order valence-corrected chi connectivity index (χ0v) is 14.3. The summed E-state index contributed by atoms with van der Waals surface area (Å²) >= 11 is 0. The second-order valence-corrected chi connectivity index (χ2v) is 5.66. The highest BCUT2D eigenvalue weighted by molar-refractivity contribution is 5.81. The van der Waals surface area contributed by atoms with Gasteiger partial charge in [-0.3, -0.25) is 0 Å². The lowest BCUT2D eigenvalue weighted by atomic mass is 10.1. The van der Waals surface area contributed by atoms with Crippen molar-refractivity contribution in [3.8, 4) is 17.6 Å². The van der Waals surface area contributed by atoms with Crippen LogP contribution in [0.15, 0.2) is 36.4 Å². The van der Waals surface area contributed by atoms with Crippen LogP contribution in [-0.4, -0.2) is 30.3 Å². The van der Waals surface area contributed by atoms with Gasteiger partial charge in [0.1, 0.15) is 5.82 Å². The molecule has 0 spiro atoms. The predicted molar refractivity (Wildman–Crippen MR) is 95.9 cm³/mol. The van der Waals surface area contributed by atoms with E-state index in [2.05, 4.69) is 10.6 Å². The largest absolute Gasteiger partial charge is 0.493 e. The van der Waals surface area contributed by atoms with Crippen LogP contribution in [0.5, 0.6) is 11.5 Å². The number of hydrogen-bond acceptors (Lipinski definition) is 5. The Labute approximate surface area is 146 Å². The number of fused-ring (bicyclic) bond motifs is 1. The number of nitrogens with zero attached hydrogens (tertiary/aromatic N) is 3. The third-order valence-electron chi connectivity index (χ3n) is 4.12. The van der Waals surface area contributed by atoms with Crippen LogP contribution in [0, 0.1) is 11.3 Å². The van der Waals surface area contributed by atoms with Crippen molar-refractivity contribution in [1.29, 1.82) is 5.26 Å². The first-order chi connectivity index (χ1) is 12.2. The van der Waals surface area contributed by atoms with Crippen molar-refractivity contribution in [2.45, 2.75) is 13.0 Å². The summed E-state index contributed by atoms with van der Waals surface area (Å²) in [5.74, 6) is 2.23. The van der Waals surface area contributed by atoms with Crippen molar-refractivity contribution >= 4 is 11.0 Å². The molecule has 0 aliphatic carbocycles. The van der Waals surface area contributed by atoms with E-state index in [-0.39, 0.29) is 0 Å². The highest BCUT2D eigenvalue weighted by Crippen LogP contribution is 2.32. The molecule has 2 aromatic carbocycles. The monoisotopic (exact) mass is 336 g/mol. The fourth-order valence-corrected chi connectivity index (χ4v) is 2.87. The molecule has 3 aromatic rings. The summed E-state index contributed by atoms with van der Waals surface area (Å²) in [7, 11) is 3.23. The molecule has 6 heteroatoms. The van der Waals surface area contributed by atoms with Gasteiger partial charge in [0.25, 0.3) is 0 Å². The first-order valence-electron chi connectivity index (χ1n) is 8.00. The molecule has 0 aliphatic heterocycles. The molecule has 25 heavy (non-hydrogen) atoms. The molecule has 1 aromatic heterocycles. The molecule has 1 heterocycles. The van der Waals surface area contributed by atoms with Crippen LogP contribution in [0.3, 0.4) is 0 Å². The first kappa shape index (κ1) is 16.8. The molecule has 0 amide bonds. The molecule has 6 nitrogen and oxygen atoms in total. The molecular formula is C19H20N4O2. The number of hydrogen-bond donors (Lipinski definition) is 1. The number of imidazole rings is 1. The third kappa shape index (κ3) is 3.28. The quantitative estimate of drug-likeness (QED) is 0.747. The van der Waals surface area contributed by atoms with Gasteiger partial charge in [-0.15, -0.1) is 0 Å². The van der Waals surface area contributed by atoms with Crippen LogP contribution in [0.2, 0.25) is 0 Å². The molecular weight excluding hydrogens is 316 g/mol. The van der Waals surface area contributed by atoms with Gasteiger partial charge in [0.15, 0.2) is 11.5 Å². The molecule has 0 saturated heterocycles. The van der Waals surface area contributed by atoms with Crippen LogP contribution in [0.4, 0.5) is 0 Å². The fraction of sp³-hybridized carbons (Fsp3) is 0.263. The summed E-state index contributed by atoms with van der Waals surface area (Å²) in [5.41, 5.74) is 9.30. The normalized spacial score (nSPS) is 10.6. The molecule has 2 N–H and O–H groups in total. The molecule has 0 aliphatic rings. The van der Waals surface area contributed by atoms with Gasteiger partial charge in [0, 0.05) is 25.1 Å². The van der Waals surface area contributed by atoms with Crippen molar-refractivity contribution in [3.05, 3.63) is 53.3 Å². The van der Waals surface area contributed by atoms with Gasteiger partial charge in [-0.25, -0.2) is 4.98 Å². The molecule has 3 rings (SSSR count). The average Bonchev–Trinajstić information content (AvgIpc) is 2.97. The van der Waals surface area contributed by atoms with Gasteiger partial charge < -0.3 is 19.8 Å². The van der Waals surface area contributed by atoms with Gasteiger partial charge in [0.2, 0.25) is 0 Å². The van der Waals surface area contributed by atoms with E-state index in [1.165, 1.54) is 0 Å². The van der Waals surface area contributed by atoms with Crippen molar-refractivity contribution in [2.24, 2.45) is 5.73 Å². The Morgan fingerprint density at radius 2 is 1.80 bits per heavy atom. The molecule has 128 valence electrons. The molecule has 0 saturated carbocycles. The molecule has 0 bridgehead atoms. The van der Waals surface area contributed by atoms with Crippen LogP contribution < -0.4 is 15.2 Å². The number of nitrogens with two attached hydrogens (primary N) is 1. The lowest BCUT2D eigenvalue weighted by Crippen LogP contribution is -2.11. The lowest BCUT2D eigenvalue weighted by molar-refractivity contribution is 0.355. The second-order valence-electron chi connectivity index (χ2n) is 5.66. The maximum Gasteiger partial charge on any atom is 0.163 e. The summed E-state index contributed by atoms with van der Waals surface area (Å²) in [6.45, 7) is 1.16. The second kappa shape index (κ2) is 7.24. The summed E-state index contributed by atoms with van der Waals surface area (Å²) in [5, 5.41) is 8.94. The van der Waals surface area contributed by atoms with Gasteiger partial charge >= 0.3 is 0 Å². The Morgan fingerprint density at radius 1 is 1.12 bits per heavy atom. The average molecular weight is 336 g/mol. The number of aromatic nitrogens is 2. The van der Waals surface area contributed by atoms with Crippen molar-refractivity contribution in [1.82, 2.24) is 9.55 Å². The zero-order valence-electron chi connectivity index (χ0n) is 14.3. The van der Waals surface area contributed by atoms with Gasteiger partial charge in [-0.2, -0.15) is 5.26 Å². The third-order valence-corrected chi connectivity index (χ3v) is 4.12. The van der Waals surface area contributed by atoms with Crippen molar-refractivity contribution in [2.75, 3.05) is 20.8 Å². The van der Waals surface area contributed by atoms with E-state index in [1.54, 1.807) is 14.2 Å². The smallest absolute Gasteiger partial charge is 0.163 e. The predicted octanol–water partition coefficient (Wildman–Crippen LogP) is 2.47. The summed E-state index contributed by atoms with van der Waals surface area (Å²) < 4.78 is 12.9. The van der Waals surface area contributed by atoms with Gasteiger partial charge in [0.05, 0.1) is 36.9 Å². The Bertz CT molecular complexity index is 923. The van der Waals surface area contributed by atoms with E-state index < -0.39 is 0 Å². The minimum atomic E-state index is 0.519. The lowest BCUT2D eigenvalue weighted by Gasteiger charge is -2.11. The Balaban J connectivity index is 2.09. The number of rotatable bonds is 6. The van der Waals surface area contributed by atoms with Crippen molar-refractivity contribution < 1.29 is 9.47 Å². The van der Waals surface area contributed by atoms with E-state index in [0.29, 0.717) is 36.6 Å². The maximum absolute atomic E-state index is 8.94. The summed E-state index contributed by atoms with van der Waals surface area (Å²) in [6, 6.07) is 13.5. The van der Waals surface area contributed by atoms with Gasteiger partial charge in [-0.05, 0) is 24.2 Å². The number of nitriles is 1. The van der Waals surface area contributed by atoms with E-state index >= 15 is 0 Å². The van der Waals surface area contributed by atoms with E-state index in [1.807, 2.05) is 36.4 Å². The van der Waals surface area contributed by atoms with Gasteiger partial charge in [-0.1, -0.05) is 12.1 Å². The van der Waals surface area contributed by atoms with Crippen LogP contribution in [-0.2, 0) is 13.0 Å². The topological polar surface area (TPSA) is 86.1 Å². The molecule has 0 unspecified atom stereocenters. The van der Waals surface area contributed by atoms with E-state index in [4.69, 9.17) is 25.5 Å².